The molecule has 50 heavy (non-hydrogen) atoms. The molecule has 0 aliphatic rings. The molecule has 0 atom stereocenters. The molecule has 0 aliphatic carbocycles. The zero-order valence-corrected chi connectivity index (χ0v) is 32.1. The Morgan fingerprint density at radius 2 is 1.24 bits per heavy atom. The summed E-state index contributed by atoms with van der Waals surface area (Å²) in [5, 5.41) is 1.04. The van der Waals surface area contributed by atoms with E-state index in [1.54, 1.807) is 6.33 Å². The maximum absolute atomic E-state index is 4.73. The van der Waals surface area contributed by atoms with E-state index in [0.29, 0.717) is 0 Å². The number of hydrogen-bond acceptors (Lipinski definition) is 4. The maximum atomic E-state index is 4.73. The molecular formula is C45H42IrN4-2. The number of aryl methyl sites for hydroxylation is 1. The largest absolute Gasteiger partial charge is 0.305 e. The molecule has 7 aromatic rings. The molecule has 0 spiro atoms. The van der Waals surface area contributed by atoms with E-state index in [9.17, 15) is 0 Å². The van der Waals surface area contributed by atoms with Crippen molar-refractivity contribution in [1.82, 2.24) is 19.9 Å². The minimum Gasteiger partial charge on any atom is -0.305 e. The summed E-state index contributed by atoms with van der Waals surface area (Å²) in [6.45, 7) is 15.4. The number of pyridine rings is 2. The van der Waals surface area contributed by atoms with Gasteiger partial charge in [0, 0.05) is 44.1 Å². The van der Waals surface area contributed by atoms with E-state index in [1.807, 2.05) is 55.0 Å². The van der Waals surface area contributed by atoms with Crippen LogP contribution in [0.4, 0.5) is 0 Å². The molecule has 3 aromatic heterocycles. The van der Waals surface area contributed by atoms with Crippen molar-refractivity contribution >= 4 is 10.9 Å². The van der Waals surface area contributed by atoms with Crippen LogP contribution in [0, 0.1) is 19.1 Å². The summed E-state index contributed by atoms with van der Waals surface area (Å²) in [7, 11) is 0. The van der Waals surface area contributed by atoms with E-state index >= 15 is 0 Å². The second-order valence-corrected chi connectivity index (χ2v) is 14.4. The quantitative estimate of drug-likeness (QED) is 0.166. The van der Waals surface area contributed by atoms with Gasteiger partial charge in [0.25, 0.3) is 0 Å². The van der Waals surface area contributed by atoms with E-state index in [1.165, 1.54) is 22.3 Å². The third-order valence-electron chi connectivity index (χ3n) is 8.63. The van der Waals surface area contributed by atoms with Gasteiger partial charge >= 0.3 is 0 Å². The van der Waals surface area contributed by atoms with Crippen LogP contribution in [0.2, 0.25) is 0 Å². The Kier molecular flexibility index (Phi) is 11.2. The molecule has 0 saturated heterocycles. The first-order valence-corrected chi connectivity index (χ1v) is 16.7. The van der Waals surface area contributed by atoms with Crippen molar-refractivity contribution in [3.63, 3.8) is 0 Å². The molecule has 253 valence electrons. The molecule has 0 fully saturated rings. The van der Waals surface area contributed by atoms with Crippen LogP contribution in [0.1, 0.15) is 58.2 Å². The fraction of sp³-hybridized carbons (Fsp3) is 0.200. The second kappa shape index (κ2) is 15.4. The third kappa shape index (κ3) is 8.48. The number of hydrogen-bond donors (Lipinski definition) is 0. The number of nitrogens with zero attached hydrogens (tertiary/aromatic N) is 4. The van der Waals surface area contributed by atoms with Crippen molar-refractivity contribution in [2.45, 2.75) is 59.3 Å². The first-order valence-electron chi connectivity index (χ1n) is 16.7. The van der Waals surface area contributed by atoms with E-state index < -0.39 is 0 Å². The van der Waals surface area contributed by atoms with Gasteiger partial charge in [-0.25, -0.2) is 9.97 Å². The molecule has 4 aromatic carbocycles. The summed E-state index contributed by atoms with van der Waals surface area (Å²) in [4.78, 5) is 18.0. The van der Waals surface area contributed by atoms with E-state index in [0.717, 1.165) is 50.1 Å². The Morgan fingerprint density at radius 3 is 1.96 bits per heavy atom. The van der Waals surface area contributed by atoms with Gasteiger partial charge < -0.3 is 9.97 Å². The summed E-state index contributed by atoms with van der Waals surface area (Å²) >= 11 is 0. The minimum absolute atomic E-state index is 0. The average Bonchev–Trinajstić information content (AvgIpc) is 3.11. The van der Waals surface area contributed by atoms with Crippen LogP contribution in [0.3, 0.4) is 0 Å². The number of fused-ring (bicyclic) bond motifs is 1. The Labute approximate surface area is 310 Å². The van der Waals surface area contributed by atoms with Gasteiger partial charge in [0.15, 0.2) is 0 Å². The second-order valence-electron chi connectivity index (χ2n) is 14.4. The normalized spacial score (nSPS) is 11.3. The first-order chi connectivity index (χ1) is 23.5. The minimum atomic E-state index is 0. The smallest absolute Gasteiger partial charge is 0.116 e. The van der Waals surface area contributed by atoms with Gasteiger partial charge in [0.05, 0.1) is 5.52 Å². The average molecular weight is 831 g/mol. The molecule has 4 nitrogen and oxygen atoms in total. The van der Waals surface area contributed by atoms with Crippen molar-refractivity contribution in [1.29, 1.82) is 0 Å². The molecule has 0 bridgehead atoms. The molecule has 1 radical (unpaired) electrons. The Hall–Kier alpha value is -4.83. The SMILES string of the molecule is CC(C)(C)c1cccc(-c2ccc(-c3cc[c-]c(-c4cc(C(C)(C)C)ccn4)c3)c3ncncc23)c1.Cc1ccnc(-c2[c-]cccc2)c1.[Ir]. The molecule has 0 N–H and O–H groups in total. The van der Waals surface area contributed by atoms with Crippen LogP contribution in [-0.2, 0) is 30.9 Å². The van der Waals surface area contributed by atoms with Gasteiger partial charge in [-0.15, -0.1) is 65.7 Å². The summed E-state index contributed by atoms with van der Waals surface area (Å²) in [5.41, 5.74) is 13.3. The van der Waals surface area contributed by atoms with E-state index in [2.05, 4.69) is 142 Å². The monoisotopic (exact) mass is 831 g/mol. The molecule has 7 rings (SSSR count). The number of aromatic nitrogens is 4. The van der Waals surface area contributed by atoms with Crippen molar-refractivity contribution in [3.05, 3.63) is 157 Å². The van der Waals surface area contributed by atoms with Crippen molar-refractivity contribution in [2.75, 3.05) is 0 Å². The summed E-state index contributed by atoms with van der Waals surface area (Å²) in [5.74, 6) is 0. The van der Waals surface area contributed by atoms with Gasteiger partial charge in [0.1, 0.15) is 6.33 Å². The van der Waals surface area contributed by atoms with Gasteiger partial charge in [0.2, 0.25) is 0 Å². The first kappa shape index (κ1) is 36.4. The standard InChI is InChI=1S/C33H32N3.C12H10N.Ir/c1-32(2,3)25-12-8-10-23(18-25)27-13-14-28(31-29(27)20-34-21-36-31)22-9-7-11-24(17-22)30-19-26(15-16-35-30)33(4,5)6;1-10-7-8-13-12(9-10)11-5-3-2-4-6-11;/h7-10,12-21H,1-6H3;2-5,7-9H,1H3;/q2*-1;. The molecule has 5 heteroatoms. The van der Waals surface area contributed by atoms with Crippen LogP contribution in [-0.4, -0.2) is 19.9 Å². The van der Waals surface area contributed by atoms with Crippen LogP contribution in [0.25, 0.3) is 55.7 Å². The Balaban J connectivity index is 0.000000291. The molecule has 0 aliphatic heterocycles. The summed E-state index contributed by atoms with van der Waals surface area (Å²) < 4.78 is 0. The number of rotatable bonds is 4. The maximum Gasteiger partial charge on any atom is 0.116 e. The number of benzene rings is 4. The topological polar surface area (TPSA) is 51.6 Å². The summed E-state index contributed by atoms with van der Waals surface area (Å²) in [6, 6.07) is 42.1. The molecular weight excluding hydrogens is 789 g/mol. The Bertz CT molecular complexity index is 2210. The summed E-state index contributed by atoms with van der Waals surface area (Å²) in [6.07, 6.45) is 7.27. The zero-order chi connectivity index (χ0) is 34.6. The molecule has 0 saturated carbocycles. The van der Waals surface area contributed by atoms with Crippen molar-refractivity contribution in [3.8, 4) is 44.8 Å². The van der Waals surface area contributed by atoms with Crippen LogP contribution in [0.15, 0.2) is 128 Å². The van der Waals surface area contributed by atoms with Gasteiger partial charge in [-0.2, -0.15) is 0 Å². The van der Waals surface area contributed by atoms with Crippen LogP contribution >= 0.6 is 0 Å². The van der Waals surface area contributed by atoms with Crippen LogP contribution < -0.4 is 0 Å². The fourth-order valence-corrected chi connectivity index (χ4v) is 5.78. The van der Waals surface area contributed by atoms with E-state index in [4.69, 9.17) is 4.98 Å². The predicted molar refractivity (Wildman–Crippen MR) is 203 cm³/mol. The molecule has 0 amide bonds. The van der Waals surface area contributed by atoms with Gasteiger partial charge in [-0.1, -0.05) is 101 Å². The van der Waals surface area contributed by atoms with Crippen LogP contribution in [0.5, 0.6) is 0 Å². The third-order valence-corrected chi connectivity index (χ3v) is 8.63. The molecule has 0 unspecified atom stereocenters. The zero-order valence-electron chi connectivity index (χ0n) is 29.7. The van der Waals surface area contributed by atoms with E-state index in [-0.39, 0.29) is 30.9 Å². The van der Waals surface area contributed by atoms with Crippen molar-refractivity contribution in [2.24, 2.45) is 0 Å². The predicted octanol–water partition coefficient (Wildman–Crippen LogP) is 11.3. The molecule has 3 heterocycles. The van der Waals surface area contributed by atoms with Gasteiger partial charge in [-0.05, 0) is 69.1 Å². The Morgan fingerprint density at radius 1 is 0.560 bits per heavy atom. The van der Waals surface area contributed by atoms with Gasteiger partial charge in [-0.3, -0.25) is 0 Å². The fourth-order valence-electron chi connectivity index (χ4n) is 5.78. The van der Waals surface area contributed by atoms with Crippen molar-refractivity contribution < 1.29 is 20.1 Å².